The zero-order chi connectivity index (χ0) is 33.5. The fraction of sp³-hybridized carbons (Fsp3) is 0.111. The molecule has 1 spiro atoms. The SMILES string of the molecule is c1ccc2c(c1)-c1ccccc1C21c2cc(-c3cncc(C4=NCCO4)c3)ccc2-c2ccc3cc(-c4cncc(C5=NCCO5)c4)ccc3c21. The quantitative estimate of drug-likeness (QED) is 0.190. The molecule has 0 unspecified atom stereocenters. The Labute approximate surface area is 294 Å². The second kappa shape index (κ2) is 10.8. The van der Waals surface area contributed by atoms with Gasteiger partial charge in [0, 0.05) is 35.9 Å². The second-order valence-corrected chi connectivity index (χ2v) is 13.5. The molecule has 2 aliphatic carbocycles. The summed E-state index contributed by atoms with van der Waals surface area (Å²) in [5, 5.41) is 2.43. The van der Waals surface area contributed by atoms with Gasteiger partial charge in [-0.05, 0) is 90.7 Å². The zero-order valence-electron chi connectivity index (χ0n) is 27.6. The van der Waals surface area contributed by atoms with Crippen LogP contribution in [0.3, 0.4) is 0 Å². The van der Waals surface area contributed by atoms with Crippen LogP contribution in [0.15, 0.2) is 144 Å². The zero-order valence-corrected chi connectivity index (χ0v) is 27.6. The van der Waals surface area contributed by atoms with Crippen LogP contribution in [0.4, 0.5) is 0 Å². The summed E-state index contributed by atoms with van der Waals surface area (Å²) in [6, 6.07) is 40.6. The molecular formula is C45H30N4O2. The van der Waals surface area contributed by atoms with E-state index in [4.69, 9.17) is 9.47 Å². The first-order valence-corrected chi connectivity index (χ1v) is 17.4. The monoisotopic (exact) mass is 658 g/mol. The predicted molar refractivity (Wildman–Crippen MR) is 201 cm³/mol. The first kappa shape index (κ1) is 28.4. The van der Waals surface area contributed by atoms with Crippen LogP contribution in [0.5, 0.6) is 0 Å². The summed E-state index contributed by atoms with van der Waals surface area (Å²) in [6.07, 6.45) is 7.53. The molecule has 6 nitrogen and oxygen atoms in total. The number of aromatic nitrogens is 2. The first-order chi connectivity index (χ1) is 25.3. The average Bonchev–Trinajstić information content (AvgIpc) is 4.02. The lowest BCUT2D eigenvalue weighted by Crippen LogP contribution is -2.26. The summed E-state index contributed by atoms with van der Waals surface area (Å²) < 4.78 is 11.6. The smallest absolute Gasteiger partial charge is 0.217 e. The van der Waals surface area contributed by atoms with E-state index >= 15 is 0 Å². The third kappa shape index (κ3) is 4.04. The Morgan fingerprint density at radius 3 is 1.63 bits per heavy atom. The van der Waals surface area contributed by atoms with E-state index in [9.17, 15) is 0 Å². The third-order valence-electron chi connectivity index (χ3n) is 10.9. The van der Waals surface area contributed by atoms with Gasteiger partial charge in [0.1, 0.15) is 13.2 Å². The molecule has 0 saturated heterocycles. The lowest BCUT2D eigenvalue weighted by Gasteiger charge is -2.31. The number of aliphatic imine (C=N–C) groups is 2. The Bertz CT molecular complexity index is 2630. The first-order valence-electron chi connectivity index (χ1n) is 17.4. The van der Waals surface area contributed by atoms with Gasteiger partial charge >= 0.3 is 0 Å². The Hall–Kier alpha value is -6.40. The molecular weight excluding hydrogens is 629 g/mol. The van der Waals surface area contributed by atoms with Crippen molar-refractivity contribution in [1.29, 1.82) is 0 Å². The number of hydrogen-bond acceptors (Lipinski definition) is 6. The molecule has 6 heteroatoms. The van der Waals surface area contributed by atoms with Crippen molar-refractivity contribution in [2.75, 3.05) is 26.3 Å². The summed E-state index contributed by atoms with van der Waals surface area (Å²) in [5.74, 6) is 1.34. The third-order valence-corrected chi connectivity index (χ3v) is 10.9. The van der Waals surface area contributed by atoms with Crippen LogP contribution in [-0.4, -0.2) is 48.1 Å². The van der Waals surface area contributed by atoms with Crippen LogP contribution >= 0.6 is 0 Å². The predicted octanol–water partition coefficient (Wildman–Crippen LogP) is 8.86. The van der Waals surface area contributed by atoms with Gasteiger partial charge in [-0.25, -0.2) is 9.98 Å². The molecule has 11 rings (SSSR count). The van der Waals surface area contributed by atoms with Gasteiger partial charge in [-0.1, -0.05) is 84.9 Å². The van der Waals surface area contributed by atoms with Crippen LogP contribution in [0.1, 0.15) is 33.4 Å². The molecule has 51 heavy (non-hydrogen) atoms. The summed E-state index contributed by atoms with van der Waals surface area (Å²) in [7, 11) is 0. The highest BCUT2D eigenvalue weighted by atomic mass is 16.5. The van der Waals surface area contributed by atoms with Crippen LogP contribution in [-0.2, 0) is 14.9 Å². The van der Waals surface area contributed by atoms with E-state index in [1.807, 2.05) is 24.8 Å². The molecule has 7 aromatic rings. The number of rotatable bonds is 4. The fourth-order valence-electron chi connectivity index (χ4n) is 8.79. The van der Waals surface area contributed by atoms with Crippen molar-refractivity contribution >= 4 is 22.6 Å². The maximum atomic E-state index is 5.80. The minimum atomic E-state index is -0.502. The van der Waals surface area contributed by atoms with Crippen molar-refractivity contribution in [3.8, 4) is 44.5 Å². The highest BCUT2D eigenvalue weighted by molar-refractivity contribution is 6.05. The van der Waals surface area contributed by atoms with Crippen LogP contribution < -0.4 is 0 Å². The molecule has 0 amide bonds. The number of nitrogens with zero attached hydrogens (tertiary/aromatic N) is 4. The van der Waals surface area contributed by atoms with E-state index in [1.54, 1.807) is 0 Å². The van der Waals surface area contributed by atoms with Gasteiger partial charge in [0.05, 0.1) is 29.6 Å². The van der Waals surface area contributed by atoms with Gasteiger partial charge in [0.25, 0.3) is 0 Å². The summed E-state index contributed by atoms with van der Waals surface area (Å²) in [4.78, 5) is 18.2. The van der Waals surface area contributed by atoms with E-state index < -0.39 is 5.41 Å². The van der Waals surface area contributed by atoms with E-state index in [1.165, 1.54) is 55.3 Å². The molecule has 5 aromatic carbocycles. The molecule has 2 aromatic heterocycles. The van der Waals surface area contributed by atoms with Crippen molar-refractivity contribution in [1.82, 2.24) is 9.97 Å². The summed E-state index contributed by atoms with van der Waals surface area (Å²) >= 11 is 0. The van der Waals surface area contributed by atoms with Crippen molar-refractivity contribution < 1.29 is 9.47 Å². The Kier molecular flexibility index (Phi) is 6.02. The number of pyridine rings is 2. The summed E-state index contributed by atoms with van der Waals surface area (Å²) in [6.45, 7) is 2.60. The van der Waals surface area contributed by atoms with Crippen LogP contribution in [0.25, 0.3) is 55.3 Å². The molecule has 0 N–H and O–H groups in total. The molecule has 2 aliphatic heterocycles. The van der Waals surface area contributed by atoms with Gasteiger partial charge in [-0.2, -0.15) is 0 Å². The van der Waals surface area contributed by atoms with E-state index in [2.05, 4.69) is 129 Å². The normalized spacial score (nSPS) is 15.8. The Morgan fingerprint density at radius 2 is 1.00 bits per heavy atom. The highest BCUT2D eigenvalue weighted by Gasteiger charge is 2.52. The van der Waals surface area contributed by atoms with Crippen LogP contribution in [0, 0.1) is 0 Å². The second-order valence-electron chi connectivity index (χ2n) is 13.5. The van der Waals surface area contributed by atoms with Crippen molar-refractivity contribution in [2.24, 2.45) is 9.98 Å². The minimum Gasteiger partial charge on any atom is -0.475 e. The number of benzene rings is 5. The van der Waals surface area contributed by atoms with E-state index in [-0.39, 0.29) is 0 Å². The van der Waals surface area contributed by atoms with Crippen molar-refractivity contribution in [3.63, 3.8) is 0 Å². The Balaban J connectivity index is 1.15. The molecule has 0 radical (unpaired) electrons. The topological polar surface area (TPSA) is 69.0 Å². The number of hydrogen-bond donors (Lipinski definition) is 0. The number of fused-ring (bicyclic) bond motifs is 12. The largest absolute Gasteiger partial charge is 0.475 e. The number of ether oxygens (including phenoxy) is 2. The molecule has 0 bridgehead atoms. The molecule has 4 aliphatic rings. The van der Waals surface area contributed by atoms with Crippen molar-refractivity contribution in [3.05, 3.63) is 167 Å². The maximum Gasteiger partial charge on any atom is 0.217 e. The molecule has 242 valence electrons. The minimum absolute atomic E-state index is 0.502. The molecule has 0 fully saturated rings. The van der Waals surface area contributed by atoms with Gasteiger partial charge in [0.15, 0.2) is 0 Å². The summed E-state index contributed by atoms with van der Waals surface area (Å²) in [5.41, 5.74) is 16.0. The Morgan fingerprint density at radius 1 is 0.451 bits per heavy atom. The maximum absolute atomic E-state index is 5.80. The lowest BCUT2D eigenvalue weighted by molar-refractivity contribution is 0.348. The average molecular weight is 659 g/mol. The van der Waals surface area contributed by atoms with Gasteiger partial charge in [-0.3, -0.25) is 9.97 Å². The van der Waals surface area contributed by atoms with Gasteiger partial charge < -0.3 is 9.47 Å². The molecule has 4 heterocycles. The highest BCUT2D eigenvalue weighted by Crippen LogP contribution is 2.64. The van der Waals surface area contributed by atoms with Crippen LogP contribution in [0.2, 0.25) is 0 Å². The van der Waals surface area contributed by atoms with Gasteiger partial charge in [0.2, 0.25) is 11.8 Å². The lowest BCUT2D eigenvalue weighted by atomic mass is 9.69. The molecule has 0 saturated carbocycles. The van der Waals surface area contributed by atoms with E-state index in [0.717, 1.165) is 33.4 Å². The fourth-order valence-corrected chi connectivity index (χ4v) is 8.79. The molecule has 0 atom stereocenters. The standard InChI is InChI=1S/C45H30N4O2/c1-3-7-39-35(5-1)36-6-2-4-8-40(36)45(39)41-22-28(31-21-33(26-47-24-31)44-49-16-18-51-44)10-13-37(41)38-14-11-29-19-27(9-12-34(29)42(38)45)30-20-32(25-46-23-30)43-48-15-17-50-43/h1-14,19-26H,15-18H2. The van der Waals surface area contributed by atoms with E-state index in [0.29, 0.717) is 38.1 Å². The van der Waals surface area contributed by atoms with Gasteiger partial charge in [-0.15, -0.1) is 0 Å². The van der Waals surface area contributed by atoms with Crippen molar-refractivity contribution in [2.45, 2.75) is 5.41 Å².